The first kappa shape index (κ1) is 26.6. The van der Waals surface area contributed by atoms with E-state index in [1.54, 1.807) is 54.6 Å². The minimum atomic E-state index is -4.42. The Kier molecular flexibility index (Phi) is 6.98. The van der Waals surface area contributed by atoms with Crippen molar-refractivity contribution in [2.24, 2.45) is 0 Å². The number of hydrogen-bond acceptors (Lipinski definition) is 5. The summed E-state index contributed by atoms with van der Waals surface area (Å²) >= 11 is 5.97. The maximum Gasteiger partial charge on any atom is 0.354 e. The molecule has 1 fully saturated rings. The molecule has 0 saturated heterocycles. The van der Waals surface area contributed by atoms with Gasteiger partial charge in [-0.25, -0.2) is 18.2 Å². The molecular weight excluding hydrogens is 540 g/mol. The van der Waals surface area contributed by atoms with Gasteiger partial charge in [-0.05, 0) is 53.4 Å². The third-order valence-electron chi connectivity index (χ3n) is 6.98. The lowest BCUT2D eigenvalue weighted by Gasteiger charge is -2.30. The zero-order chi connectivity index (χ0) is 27.8. The molecule has 2 unspecified atom stereocenters. The van der Waals surface area contributed by atoms with Gasteiger partial charge in [-0.2, -0.15) is 4.31 Å². The minimum absolute atomic E-state index is 0.0388. The number of sulfonamides is 1. The van der Waals surface area contributed by atoms with Gasteiger partial charge in [0.05, 0.1) is 4.90 Å². The van der Waals surface area contributed by atoms with Crippen LogP contribution in [0.25, 0.3) is 11.1 Å². The number of halogens is 1. The third kappa shape index (κ3) is 4.92. The molecule has 0 aliphatic heterocycles. The van der Waals surface area contributed by atoms with Crippen molar-refractivity contribution in [2.45, 2.75) is 29.3 Å². The second-order valence-electron chi connectivity index (χ2n) is 9.26. The lowest BCUT2D eigenvalue weighted by atomic mass is 10.1. The van der Waals surface area contributed by atoms with Crippen molar-refractivity contribution in [3.8, 4) is 11.1 Å². The number of rotatable bonds is 9. The Morgan fingerprint density at radius 2 is 1.51 bits per heavy atom. The lowest BCUT2D eigenvalue weighted by molar-refractivity contribution is -0.143. The summed E-state index contributed by atoms with van der Waals surface area (Å²) in [4.78, 5) is 28.4. The van der Waals surface area contributed by atoms with E-state index in [1.807, 2.05) is 12.1 Å². The number of aromatic carboxylic acids is 1. The molecule has 2 atom stereocenters. The van der Waals surface area contributed by atoms with Gasteiger partial charge in [0.15, 0.2) is 5.69 Å². The largest absolute Gasteiger partial charge is 0.480 e. The highest BCUT2D eigenvalue weighted by atomic mass is 35.5. The molecule has 39 heavy (non-hydrogen) atoms. The molecule has 1 heterocycles. The predicted molar refractivity (Wildman–Crippen MR) is 145 cm³/mol. The fourth-order valence-electron chi connectivity index (χ4n) is 4.89. The van der Waals surface area contributed by atoms with Crippen LogP contribution in [-0.2, 0) is 21.4 Å². The van der Waals surface area contributed by atoms with E-state index in [4.69, 9.17) is 11.6 Å². The number of aliphatic carboxylic acids is 1. The van der Waals surface area contributed by atoms with E-state index in [0.717, 1.165) is 15.4 Å². The molecule has 8 nitrogen and oxygen atoms in total. The van der Waals surface area contributed by atoms with Crippen molar-refractivity contribution in [2.75, 3.05) is 0 Å². The van der Waals surface area contributed by atoms with Gasteiger partial charge in [0.25, 0.3) is 0 Å². The number of aromatic nitrogens is 1. The van der Waals surface area contributed by atoms with Crippen molar-refractivity contribution in [1.82, 2.24) is 9.29 Å². The molecule has 5 rings (SSSR count). The molecule has 0 amide bonds. The zero-order valence-electron chi connectivity index (χ0n) is 20.4. The first-order chi connectivity index (χ1) is 18.6. The topological polar surface area (TPSA) is 125 Å². The first-order valence-electron chi connectivity index (χ1n) is 12.0. The van der Waals surface area contributed by atoms with Gasteiger partial charge in [-0.3, -0.25) is 4.79 Å². The average molecular weight is 563 g/mol. The van der Waals surface area contributed by atoms with Crippen LogP contribution in [0.1, 0.15) is 34.0 Å². The molecule has 4 aromatic rings. The molecular formula is C29H23ClN2O6S. The van der Waals surface area contributed by atoms with Crippen molar-refractivity contribution < 1.29 is 28.2 Å². The highest BCUT2D eigenvalue weighted by Gasteiger charge is 2.68. The average Bonchev–Trinajstić information content (AvgIpc) is 3.70. The number of nitrogens with zero attached hydrogens (tertiary/aromatic N) is 2. The predicted octanol–water partition coefficient (Wildman–Crippen LogP) is 5.30. The normalized spacial score (nSPS) is 18.6. The summed E-state index contributed by atoms with van der Waals surface area (Å²) in [6.07, 6.45) is 1.33. The summed E-state index contributed by atoms with van der Waals surface area (Å²) in [7, 11) is -4.42. The van der Waals surface area contributed by atoms with Gasteiger partial charge in [-0.1, -0.05) is 72.3 Å². The van der Waals surface area contributed by atoms with E-state index in [0.29, 0.717) is 10.6 Å². The van der Waals surface area contributed by atoms with E-state index < -0.39 is 40.0 Å². The highest BCUT2D eigenvalue weighted by Crippen LogP contribution is 2.57. The fraction of sp³-hybridized carbons (Fsp3) is 0.138. The monoisotopic (exact) mass is 562 g/mol. The van der Waals surface area contributed by atoms with Gasteiger partial charge in [0.1, 0.15) is 5.54 Å². The maximum absolute atomic E-state index is 14.2. The van der Waals surface area contributed by atoms with E-state index >= 15 is 0 Å². The van der Waals surface area contributed by atoms with Crippen LogP contribution in [0.5, 0.6) is 0 Å². The summed E-state index contributed by atoms with van der Waals surface area (Å²) in [6.45, 7) is -0.480. The molecule has 3 aromatic carbocycles. The lowest BCUT2D eigenvalue weighted by Crippen LogP contribution is -2.48. The van der Waals surface area contributed by atoms with Crippen LogP contribution >= 0.6 is 11.6 Å². The van der Waals surface area contributed by atoms with Gasteiger partial charge >= 0.3 is 11.9 Å². The van der Waals surface area contributed by atoms with Crippen LogP contribution in [0.4, 0.5) is 0 Å². The van der Waals surface area contributed by atoms with Gasteiger partial charge in [-0.15, -0.1) is 0 Å². The van der Waals surface area contributed by atoms with Gasteiger partial charge < -0.3 is 10.2 Å². The molecule has 0 radical (unpaired) electrons. The SMILES string of the molecule is O=C(O)c1ncccc1CN(C1(C(=O)O)CC1c1ccccc1)S(=O)(=O)c1ccc(-c2ccc(Cl)cc2)cc1. The number of carboxylic acids is 2. The summed E-state index contributed by atoms with van der Waals surface area (Å²) in [5.41, 5.74) is 0.205. The molecule has 0 bridgehead atoms. The number of benzene rings is 3. The number of carbonyl (C=O) groups is 2. The van der Waals surface area contributed by atoms with Gasteiger partial charge in [0.2, 0.25) is 10.0 Å². The minimum Gasteiger partial charge on any atom is -0.480 e. The van der Waals surface area contributed by atoms with Crippen LogP contribution < -0.4 is 0 Å². The molecule has 1 aliphatic rings. The molecule has 198 valence electrons. The molecule has 1 saturated carbocycles. The van der Waals surface area contributed by atoms with Crippen LogP contribution in [0, 0.1) is 0 Å². The first-order valence-corrected chi connectivity index (χ1v) is 13.8. The second-order valence-corrected chi connectivity index (χ2v) is 11.6. The van der Waals surface area contributed by atoms with E-state index in [9.17, 15) is 28.2 Å². The standard InChI is InChI=1S/C29H23ClN2O6S/c30-23-12-8-19(9-13-23)20-10-14-24(15-11-20)39(37,38)32(18-22-7-4-16-31-26(22)27(33)34)29(28(35)36)17-25(29)21-5-2-1-3-6-21/h1-16,25H,17-18H2,(H,33,34)(H,35,36). The summed E-state index contributed by atoms with van der Waals surface area (Å²) < 4.78 is 29.2. The Morgan fingerprint density at radius 3 is 2.10 bits per heavy atom. The Bertz CT molecular complexity index is 1640. The van der Waals surface area contributed by atoms with Crippen LogP contribution in [-0.4, -0.2) is 45.4 Å². The summed E-state index contributed by atoms with van der Waals surface area (Å²) in [5, 5.41) is 20.7. The summed E-state index contributed by atoms with van der Waals surface area (Å²) in [6, 6.07) is 24.9. The van der Waals surface area contributed by atoms with E-state index in [1.165, 1.54) is 30.5 Å². The fourth-order valence-corrected chi connectivity index (χ4v) is 6.77. The van der Waals surface area contributed by atoms with Gasteiger partial charge in [0, 0.05) is 29.2 Å². The quantitative estimate of drug-likeness (QED) is 0.283. The zero-order valence-corrected chi connectivity index (χ0v) is 22.0. The third-order valence-corrected chi connectivity index (χ3v) is 9.13. The molecule has 1 aliphatic carbocycles. The Hall–Kier alpha value is -4.05. The number of hydrogen-bond donors (Lipinski definition) is 2. The van der Waals surface area contributed by atoms with Crippen LogP contribution in [0.3, 0.4) is 0 Å². The number of pyridine rings is 1. The Morgan fingerprint density at radius 1 is 0.897 bits per heavy atom. The highest BCUT2D eigenvalue weighted by molar-refractivity contribution is 7.89. The van der Waals surface area contributed by atoms with Crippen molar-refractivity contribution >= 4 is 33.6 Å². The van der Waals surface area contributed by atoms with Crippen molar-refractivity contribution in [1.29, 1.82) is 0 Å². The van der Waals surface area contributed by atoms with E-state index in [2.05, 4.69) is 4.98 Å². The second kappa shape index (κ2) is 10.3. The smallest absolute Gasteiger partial charge is 0.354 e. The Labute approximate surface area is 230 Å². The maximum atomic E-state index is 14.2. The molecule has 2 N–H and O–H groups in total. The van der Waals surface area contributed by atoms with Crippen molar-refractivity contribution in [3.63, 3.8) is 0 Å². The van der Waals surface area contributed by atoms with Crippen LogP contribution in [0.15, 0.2) is 102 Å². The molecule has 0 spiro atoms. The van der Waals surface area contributed by atoms with E-state index in [-0.39, 0.29) is 22.6 Å². The molecule has 10 heteroatoms. The summed E-state index contributed by atoms with van der Waals surface area (Å²) in [5.74, 6) is -3.27. The van der Waals surface area contributed by atoms with Crippen LogP contribution in [0.2, 0.25) is 5.02 Å². The Balaban J connectivity index is 1.60. The molecule has 1 aromatic heterocycles. The number of carboxylic acid groups (broad SMARTS) is 2. The van der Waals surface area contributed by atoms with Crippen molar-refractivity contribution in [3.05, 3.63) is 119 Å².